The highest BCUT2D eigenvalue weighted by Crippen LogP contribution is 2.37. The van der Waals surface area contributed by atoms with Crippen LogP contribution >= 0.6 is 11.6 Å². The number of carboxylic acid groups (broad SMARTS) is 1. The summed E-state index contributed by atoms with van der Waals surface area (Å²) >= 11 is 6.15. The highest BCUT2D eigenvalue weighted by atomic mass is 35.5. The predicted octanol–water partition coefficient (Wildman–Crippen LogP) is 3.13. The first-order valence-electron chi connectivity index (χ1n) is 10.9. The average Bonchev–Trinajstić information content (AvgIpc) is 3.41. The van der Waals surface area contributed by atoms with Crippen molar-refractivity contribution in [2.45, 2.75) is 38.4 Å². The number of halogens is 1. The first kappa shape index (κ1) is 25.0. The van der Waals surface area contributed by atoms with E-state index in [1.165, 1.54) is 12.3 Å². The van der Waals surface area contributed by atoms with Crippen LogP contribution in [0.5, 0.6) is 0 Å². The molecule has 1 amide bonds. The molecule has 1 aromatic carbocycles. The standard InChI is InChI=1S/C19H27ClN4O.C5H5NO2/c1-12(9-21)24-10-13(2)23(4)19(3,11-24)8-16-15-7-14(20)5-6-17(15)22-18(16)25;7-5(8)4-1-2-6-3-4/h5-8,12-13H,9-11,21H2,1-4H3,(H,22,25);1-3,6H,(H,7,8)/b16-8-;. The van der Waals surface area contributed by atoms with E-state index in [0.29, 0.717) is 34.8 Å². The van der Waals surface area contributed by atoms with Gasteiger partial charge in [-0.1, -0.05) is 11.6 Å². The molecule has 0 spiro atoms. The van der Waals surface area contributed by atoms with Gasteiger partial charge in [0, 0.05) is 66.0 Å². The van der Waals surface area contributed by atoms with Crippen molar-refractivity contribution < 1.29 is 14.7 Å². The Morgan fingerprint density at radius 3 is 2.73 bits per heavy atom. The number of hydrogen-bond donors (Lipinski definition) is 4. The van der Waals surface area contributed by atoms with Crippen LogP contribution in [0.15, 0.2) is 42.7 Å². The van der Waals surface area contributed by atoms with Crippen LogP contribution in [0.3, 0.4) is 0 Å². The molecular formula is C24H32ClN5O3. The van der Waals surface area contributed by atoms with E-state index < -0.39 is 5.97 Å². The van der Waals surface area contributed by atoms with Gasteiger partial charge in [-0.15, -0.1) is 0 Å². The molecule has 2 aromatic rings. The molecule has 1 saturated heterocycles. The number of aromatic nitrogens is 1. The number of amides is 1. The van der Waals surface area contributed by atoms with Gasteiger partial charge in [0.2, 0.25) is 0 Å². The SMILES string of the molecule is CC(CN)N1CC(C)N(C)C(C)(/C=C2\C(=O)Nc3ccc(Cl)cc32)C1.O=C(O)c1cc[nH]c1. The van der Waals surface area contributed by atoms with Gasteiger partial charge in [-0.2, -0.15) is 0 Å². The second-order valence-electron chi connectivity index (χ2n) is 8.94. The molecule has 0 aliphatic carbocycles. The molecule has 5 N–H and O–H groups in total. The summed E-state index contributed by atoms with van der Waals surface area (Å²) in [5, 5.41) is 11.8. The number of likely N-dealkylation sites (N-methyl/N-ethyl adjacent to an activating group) is 1. The Labute approximate surface area is 199 Å². The molecule has 2 aliphatic heterocycles. The Hall–Kier alpha value is -2.65. The Balaban J connectivity index is 0.000000323. The van der Waals surface area contributed by atoms with E-state index in [4.69, 9.17) is 22.4 Å². The smallest absolute Gasteiger partial charge is 0.337 e. The van der Waals surface area contributed by atoms with Gasteiger partial charge in [0.15, 0.2) is 0 Å². The second-order valence-corrected chi connectivity index (χ2v) is 9.37. The van der Waals surface area contributed by atoms with Crippen molar-refractivity contribution in [3.05, 3.63) is 58.9 Å². The topological polar surface area (TPSA) is 115 Å². The Morgan fingerprint density at radius 2 is 2.15 bits per heavy atom. The zero-order valence-electron chi connectivity index (χ0n) is 19.4. The van der Waals surface area contributed by atoms with E-state index in [0.717, 1.165) is 24.3 Å². The van der Waals surface area contributed by atoms with Crippen molar-refractivity contribution in [1.82, 2.24) is 14.8 Å². The van der Waals surface area contributed by atoms with Gasteiger partial charge in [0.05, 0.1) is 11.1 Å². The molecule has 1 aromatic heterocycles. The summed E-state index contributed by atoms with van der Waals surface area (Å²) in [4.78, 5) is 30.0. The van der Waals surface area contributed by atoms with E-state index in [2.05, 4.69) is 54.0 Å². The van der Waals surface area contributed by atoms with E-state index in [-0.39, 0.29) is 11.4 Å². The molecule has 178 valence electrons. The molecule has 1 fully saturated rings. The third-order valence-corrected chi connectivity index (χ3v) is 6.75. The number of nitrogens with one attached hydrogen (secondary N) is 2. The minimum atomic E-state index is -0.897. The van der Waals surface area contributed by atoms with E-state index in [1.54, 1.807) is 12.3 Å². The molecule has 0 radical (unpaired) electrons. The van der Waals surface area contributed by atoms with Crippen molar-refractivity contribution in [3.8, 4) is 0 Å². The molecule has 3 unspecified atom stereocenters. The van der Waals surface area contributed by atoms with Crippen molar-refractivity contribution >= 4 is 34.7 Å². The number of fused-ring (bicyclic) bond motifs is 1. The highest BCUT2D eigenvalue weighted by Gasteiger charge is 2.40. The minimum absolute atomic E-state index is 0.0662. The number of carbonyl (C=O) groups is 2. The lowest BCUT2D eigenvalue weighted by molar-refractivity contribution is -0.110. The summed E-state index contributed by atoms with van der Waals surface area (Å²) in [6.07, 6.45) is 5.10. The van der Waals surface area contributed by atoms with Gasteiger partial charge in [0.25, 0.3) is 5.91 Å². The summed E-state index contributed by atoms with van der Waals surface area (Å²) < 4.78 is 0. The maximum atomic E-state index is 12.5. The fourth-order valence-electron chi connectivity index (χ4n) is 4.26. The van der Waals surface area contributed by atoms with Crippen LogP contribution in [0.25, 0.3) is 5.57 Å². The molecule has 4 rings (SSSR count). The van der Waals surface area contributed by atoms with Crippen LogP contribution in [0.4, 0.5) is 5.69 Å². The van der Waals surface area contributed by atoms with Gasteiger partial charge in [-0.05, 0) is 58.2 Å². The van der Waals surface area contributed by atoms with Gasteiger partial charge in [0.1, 0.15) is 0 Å². The highest BCUT2D eigenvalue weighted by molar-refractivity contribution is 6.34. The summed E-state index contributed by atoms with van der Waals surface area (Å²) in [5.74, 6) is -0.963. The molecule has 0 saturated carbocycles. The number of carbonyl (C=O) groups excluding carboxylic acids is 1. The average molecular weight is 474 g/mol. The van der Waals surface area contributed by atoms with Crippen LogP contribution < -0.4 is 11.1 Å². The number of aromatic amines is 1. The van der Waals surface area contributed by atoms with E-state index in [9.17, 15) is 9.59 Å². The number of piperazine rings is 1. The third kappa shape index (κ3) is 5.47. The van der Waals surface area contributed by atoms with Crippen LogP contribution in [0, 0.1) is 0 Å². The molecule has 9 heteroatoms. The number of carboxylic acids is 1. The first-order chi connectivity index (χ1) is 15.6. The summed E-state index contributed by atoms with van der Waals surface area (Å²) in [6, 6.07) is 7.69. The van der Waals surface area contributed by atoms with Crippen LogP contribution in [0.1, 0.15) is 36.7 Å². The van der Waals surface area contributed by atoms with Crippen molar-refractivity contribution in [2.24, 2.45) is 5.73 Å². The molecule has 0 bridgehead atoms. The van der Waals surface area contributed by atoms with Gasteiger partial charge >= 0.3 is 5.97 Å². The Bertz CT molecular complexity index is 1040. The number of H-pyrrole nitrogens is 1. The van der Waals surface area contributed by atoms with E-state index >= 15 is 0 Å². The number of benzene rings is 1. The van der Waals surface area contributed by atoms with Crippen LogP contribution in [0.2, 0.25) is 5.02 Å². The van der Waals surface area contributed by atoms with Gasteiger partial charge in [-0.3, -0.25) is 14.6 Å². The lowest BCUT2D eigenvalue weighted by Crippen LogP contribution is -2.64. The first-order valence-corrected chi connectivity index (χ1v) is 11.3. The van der Waals surface area contributed by atoms with Crippen molar-refractivity contribution in [1.29, 1.82) is 0 Å². The molecule has 33 heavy (non-hydrogen) atoms. The lowest BCUT2D eigenvalue weighted by atomic mass is 9.89. The fourth-order valence-corrected chi connectivity index (χ4v) is 4.43. The number of nitrogens with zero attached hydrogens (tertiary/aromatic N) is 2. The number of aromatic carboxylic acids is 1. The second kappa shape index (κ2) is 10.1. The zero-order chi connectivity index (χ0) is 24.3. The predicted molar refractivity (Wildman–Crippen MR) is 132 cm³/mol. The van der Waals surface area contributed by atoms with Crippen molar-refractivity contribution in [3.63, 3.8) is 0 Å². The molecular weight excluding hydrogens is 442 g/mol. The van der Waals surface area contributed by atoms with E-state index in [1.807, 2.05) is 12.1 Å². The Morgan fingerprint density at radius 1 is 1.42 bits per heavy atom. The zero-order valence-corrected chi connectivity index (χ0v) is 20.2. The van der Waals surface area contributed by atoms with Crippen LogP contribution in [-0.4, -0.2) is 76.1 Å². The molecule has 3 atom stereocenters. The maximum absolute atomic E-state index is 12.5. The van der Waals surface area contributed by atoms with Crippen LogP contribution in [-0.2, 0) is 4.79 Å². The summed E-state index contributed by atoms with van der Waals surface area (Å²) in [7, 11) is 2.12. The maximum Gasteiger partial charge on any atom is 0.337 e. The van der Waals surface area contributed by atoms with Gasteiger partial charge < -0.3 is 21.1 Å². The number of anilines is 1. The normalized spacial score (nSPS) is 25.2. The monoisotopic (exact) mass is 473 g/mol. The van der Waals surface area contributed by atoms with Crippen molar-refractivity contribution in [2.75, 3.05) is 32.0 Å². The third-order valence-electron chi connectivity index (χ3n) is 6.52. The summed E-state index contributed by atoms with van der Waals surface area (Å²) in [5.41, 5.74) is 8.31. The summed E-state index contributed by atoms with van der Waals surface area (Å²) in [6.45, 7) is 8.99. The molecule has 3 heterocycles. The van der Waals surface area contributed by atoms with Gasteiger partial charge in [-0.25, -0.2) is 4.79 Å². The quantitative estimate of drug-likeness (QED) is 0.507. The minimum Gasteiger partial charge on any atom is -0.478 e. The number of rotatable bonds is 4. The molecule has 2 aliphatic rings. The largest absolute Gasteiger partial charge is 0.478 e. The number of hydrogen-bond acceptors (Lipinski definition) is 5. The fraction of sp³-hybridized carbons (Fsp3) is 0.417. The molecule has 8 nitrogen and oxygen atoms in total. The number of nitrogens with two attached hydrogens (primary N) is 1. The lowest BCUT2D eigenvalue weighted by Gasteiger charge is -2.51. The Kier molecular flexibility index (Phi) is 7.64.